The first kappa shape index (κ1) is 39.6. The third-order valence-corrected chi connectivity index (χ3v) is 11.8. The van der Waals surface area contributed by atoms with Crippen molar-refractivity contribution in [2.24, 2.45) is 22.7 Å². The fraction of sp³-hybridized carbons (Fsp3) is 0.811. The largest absolute Gasteiger partial charge is 0.456 e. The fourth-order valence-electron chi connectivity index (χ4n) is 9.54. The molecule has 0 bridgehead atoms. The summed E-state index contributed by atoms with van der Waals surface area (Å²) in [6.45, 7) is 20.3. The lowest BCUT2D eigenvalue weighted by atomic mass is 9.49. The van der Waals surface area contributed by atoms with Gasteiger partial charge in [0.05, 0.1) is 42.0 Å². The van der Waals surface area contributed by atoms with Crippen molar-refractivity contribution in [3.05, 3.63) is 23.8 Å². The lowest BCUT2D eigenvalue weighted by Gasteiger charge is -2.66. The zero-order chi connectivity index (χ0) is 38.2. The molecule has 5 rings (SSSR count). The summed E-state index contributed by atoms with van der Waals surface area (Å²) in [4.78, 5) is 39.4. The van der Waals surface area contributed by atoms with Gasteiger partial charge >= 0.3 is 18.0 Å². The molecule has 2 saturated carbocycles. The van der Waals surface area contributed by atoms with Gasteiger partial charge in [0.2, 0.25) is 0 Å². The summed E-state index contributed by atoms with van der Waals surface area (Å²) >= 11 is 0. The minimum absolute atomic E-state index is 0.0370. The van der Waals surface area contributed by atoms with Gasteiger partial charge in [-0.05, 0) is 71.1 Å². The van der Waals surface area contributed by atoms with Crippen LogP contribution in [0.25, 0.3) is 0 Å². The van der Waals surface area contributed by atoms with Crippen LogP contribution in [-0.4, -0.2) is 117 Å². The SMILES string of the molecule is C=C[C@H]1OC2CC3OC[C@@]3(O)[C@H]3C(O)C4(C(C)(C)O)C[C@H](OC(=O)[C@H](O)C(CC(C)C)NC(=O)OC(C)(C)C)C(C)=C4[C@H](OC(C)=O)[C@H](O1)C23C. The summed E-state index contributed by atoms with van der Waals surface area (Å²) in [7, 11) is 0. The summed E-state index contributed by atoms with van der Waals surface area (Å²) in [6.07, 6.45) is -8.04. The Morgan fingerprint density at radius 1 is 1.12 bits per heavy atom. The van der Waals surface area contributed by atoms with E-state index in [0.29, 0.717) is 11.1 Å². The predicted molar refractivity (Wildman–Crippen MR) is 181 cm³/mol. The maximum Gasteiger partial charge on any atom is 0.407 e. The monoisotopic (exact) mass is 723 g/mol. The van der Waals surface area contributed by atoms with Gasteiger partial charge in [0, 0.05) is 31.1 Å². The first-order valence-corrected chi connectivity index (χ1v) is 17.9. The fourth-order valence-corrected chi connectivity index (χ4v) is 9.54. The molecular weight excluding hydrogens is 666 g/mol. The smallest absolute Gasteiger partial charge is 0.407 e. The summed E-state index contributed by atoms with van der Waals surface area (Å²) in [5.41, 5.74) is -6.36. The molecule has 0 aromatic carbocycles. The van der Waals surface area contributed by atoms with Crippen molar-refractivity contribution in [1.29, 1.82) is 0 Å². The highest BCUT2D eigenvalue weighted by Crippen LogP contribution is 2.68. The van der Waals surface area contributed by atoms with E-state index in [0.717, 1.165) is 0 Å². The van der Waals surface area contributed by atoms with Crippen molar-refractivity contribution >= 4 is 18.0 Å². The molecule has 6 unspecified atom stereocenters. The Hall–Kier alpha value is -2.59. The van der Waals surface area contributed by atoms with Gasteiger partial charge in [-0.2, -0.15) is 0 Å². The Morgan fingerprint density at radius 2 is 1.76 bits per heavy atom. The zero-order valence-electron chi connectivity index (χ0n) is 31.4. The maximum atomic E-state index is 13.8. The van der Waals surface area contributed by atoms with Gasteiger partial charge in [-0.1, -0.05) is 27.4 Å². The second-order valence-corrected chi connectivity index (χ2v) is 17.2. The Balaban J connectivity index is 1.61. The minimum atomic E-state index is -1.81. The summed E-state index contributed by atoms with van der Waals surface area (Å²) in [5, 5.41) is 51.2. The number of nitrogens with one attached hydrogen (secondary N) is 1. The van der Waals surface area contributed by atoms with Crippen LogP contribution in [0.1, 0.15) is 88.5 Å². The number of carbonyl (C=O) groups excluding carboxylic acids is 3. The van der Waals surface area contributed by atoms with Crippen LogP contribution in [-0.2, 0) is 38.0 Å². The van der Waals surface area contributed by atoms with E-state index in [-0.39, 0.29) is 31.8 Å². The number of carbonyl (C=O) groups is 3. The van der Waals surface area contributed by atoms with E-state index >= 15 is 0 Å². The molecule has 0 spiro atoms. The molecule has 5 aliphatic rings. The van der Waals surface area contributed by atoms with Gasteiger partial charge in [-0.25, -0.2) is 9.59 Å². The predicted octanol–water partition coefficient (Wildman–Crippen LogP) is 2.43. The first-order chi connectivity index (χ1) is 23.4. The second-order valence-electron chi connectivity index (χ2n) is 17.2. The van der Waals surface area contributed by atoms with Gasteiger partial charge in [-0.15, -0.1) is 0 Å². The van der Waals surface area contributed by atoms with E-state index in [4.69, 9.17) is 28.4 Å². The molecule has 14 nitrogen and oxygen atoms in total. The van der Waals surface area contributed by atoms with Crippen molar-refractivity contribution in [1.82, 2.24) is 5.32 Å². The van der Waals surface area contributed by atoms with Gasteiger partial charge in [0.25, 0.3) is 0 Å². The molecule has 5 N–H and O–H groups in total. The Labute approximate surface area is 299 Å². The molecule has 14 heteroatoms. The zero-order valence-corrected chi connectivity index (χ0v) is 31.4. The molecule has 1 amide bonds. The lowest BCUT2D eigenvalue weighted by Crippen LogP contribution is -2.79. The van der Waals surface area contributed by atoms with Gasteiger partial charge in [0.15, 0.2) is 18.5 Å². The number of esters is 2. The van der Waals surface area contributed by atoms with Crippen molar-refractivity contribution in [2.75, 3.05) is 6.61 Å². The van der Waals surface area contributed by atoms with Crippen LogP contribution in [0.15, 0.2) is 23.8 Å². The highest BCUT2D eigenvalue weighted by atomic mass is 16.7. The molecule has 2 aliphatic heterocycles. The molecule has 2 heterocycles. The Morgan fingerprint density at radius 3 is 2.27 bits per heavy atom. The third kappa shape index (κ3) is 6.52. The topological polar surface area (TPSA) is 200 Å². The first-order valence-electron chi connectivity index (χ1n) is 17.9. The van der Waals surface area contributed by atoms with E-state index < -0.39 is 107 Å². The van der Waals surface area contributed by atoms with Crippen LogP contribution in [0.2, 0.25) is 0 Å². The van der Waals surface area contributed by atoms with Crippen molar-refractivity contribution in [2.45, 2.75) is 160 Å². The number of hydrogen-bond donors (Lipinski definition) is 5. The van der Waals surface area contributed by atoms with E-state index in [2.05, 4.69) is 11.9 Å². The normalized spacial score (nSPS) is 40.1. The highest BCUT2D eigenvalue weighted by molar-refractivity contribution is 5.77. The van der Waals surface area contributed by atoms with E-state index in [9.17, 15) is 34.8 Å². The number of rotatable bonds is 9. The lowest BCUT2D eigenvalue weighted by molar-refractivity contribution is -0.392. The number of alkyl carbamates (subject to hydrolysis) is 1. The van der Waals surface area contributed by atoms with Crippen LogP contribution >= 0.6 is 0 Å². The molecule has 288 valence electrons. The van der Waals surface area contributed by atoms with E-state index in [1.807, 2.05) is 20.8 Å². The number of amides is 1. The number of aliphatic hydroxyl groups excluding tert-OH is 2. The van der Waals surface area contributed by atoms with Crippen LogP contribution < -0.4 is 5.32 Å². The second kappa shape index (κ2) is 13.4. The van der Waals surface area contributed by atoms with E-state index in [1.165, 1.54) is 26.8 Å². The van der Waals surface area contributed by atoms with Gasteiger partial charge in [-0.3, -0.25) is 4.79 Å². The Bertz CT molecular complexity index is 1430. The average molecular weight is 724 g/mol. The number of ether oxygens (including phenoxy) is 6. The van der Waals surface area contributed by atoms with Crippen LogP contribution in [0.3, 0.4) is 0 Å². The molecule has 0 aromatic rings. The molecule has 0 aromatic heterocycles. The molecule has 3 aliphatic carbocycles. The van der Waals surface area contributed by atoms with Gasteiger partial charge < -0.3 is 54.2 Å². The van der Waals surface area contributed by atoms with Crippen molar-refractivity contribution in [3.8, 4) is 0 Å². The van der Waals surface area contributed by atoms with E-state index in [1.54, 1.807) is 27.7 Å². The number of fused-ring (bicyclic) bond motifs is 3. The third-order valence-electron chi connectivity index (χ3n) is 11.8. The molecule has 0 radical (unpaired) electrons. The van der Waals surface area contributed by atoms with Gasteiger partial charge in [0.1, 0.15) is 23.4 Å². The van der Waals surface area contributed by atoms with Crippen LogP contribution in [0.5, 0.6) is 0 Å². The minimum Gasteiger partial charge on any atom is -0.456 e. The molecule has 51 heavy (non-hydrogen) atoms. The summed E-state index contributed by atoms with van der Waals surface area (Å²) in [6, 6.07) is -1.06. The molecular formula is C37H57NO13. The highest BCUT2D eigenvalue weighted by Gasteiger charge is 2.78. The number of aliphatic hydroxyl groups is 4. The summed E-state index contributed by atoms with van der Waals surface area (Å²) in [5.74, 6) is -2.79. The summed E-state index contributed by atoms with van der Waals surface area (Å²) < 4.78 is 36.1. The van der Waals surface area contributed by atoms with Crippen LogP contribution in [0.4, 0.5) is 4.79 Å². The standard InChI is InChI=1S/C37H57NO13/c1-12-24-49-22-14-23-37(45,16-46-23)28-29(41)36(34(9,10)44)15-21(18(4)25(36)27(47-19(5)39)30(50-24)35(22,28)11)48-31(42)26(40)20(13-17(2)3)38-32(43)51-33(6,7)8/h12,17,20-24,26-30,40-41,44-45H,1,13-16H2,2-11H3,(H,38,43)/t20?,21-,22?,23?,24-,26+,27-,28-,29?,30-,35?,36?,37-/m0/s1. The van der Waals surface area contributed by atoms with Crippen molar-refractivity contribution < 1.29 is 63.2 Å². The average Bonchev–Trinajstić information content (AvgIpc) is 3.25. The molecule has 2 saturated heterocycles. The van der Waals surface area contributed by atoms with Crippen molar-refractivity contribution in [3.63, 3.8) is 0 Å². The quantitative estimate of drug-likeness (QED) is 0.132. The molecule has 13 atom stereocenters. The Kier molecular flexibility index (Phi) is 10.4. The number of hydrogen-bond acceptors (Lipinski definition) is 13. The van der Waals surface area contributed by atoms with Crippen LogP contribution in [0, 0.1) is 22.7 Å². The molecule has 4 fully saturated rings. The maximum absolute atomic E-state index is 13.8.